The molecule has 106 valence electrons. The summed E-state index contributed by atoms with van der Waals surface area (Å²) in [6.07, 6.45) is 0. The standard InChI is InChI=1S/C15H12FN3O2/c1-21-14-5-3-2-4-13(14)19-15(20)18-12-7-6-10(9-17)8-11(12)16/h2-8H,1H3,(H2,18,19,20). The third-order valence-corrected chi connectivity index (χ3v) is 2.70. The average Bonchev–Trinajstić information content (AvgIpc) is 2.49. The molecule has 2 amide bonds. The fourth-order valence-corrected chi connectivity index (χ4v) is 1.71. The van der Waals surface area contributed by atoms with E-state index in [-0.39, 0.29) is 11.3 Å². The maximum Gasteiger partial charge on any atom is 0.323 e. The third-order valence-electron chi connectivity index (χ3n) is 2.70. The summed E-state index contributed by atoms with van der Waals surface area (Å²) in [6, 6.07) is 11.9. The number of rotatable bonds is 3. The van der Waals surface area contributed by atoms with Crippen LogP contribution in [0.4, 0.5) is 20.6 Å². The molecule has 0 aliphatic heterocycles. The van der Waals surface area contributed by atoms with Crippen molar-refractivity contribution in [3.63, 3.8) is 0 Å². The van der Waals surface area contributed by atoms with E-state index in [9.17, 15) is 9.18 Å². The molecular formula is C15H12FN3O2. The van der Waals surface area contributed by atoms with E-state index in [1.54, 1.807) is 24.3 Å². The van der Waals surface area contributed by atoms with E-state index >= 15 is 0 Å². The maximum atomic E-state index is 13.7. The van der Waals surface area contributed by atoms with Crippen molar-refractivity contribution in [1.29, 1.82) is 5.26 Å². The van der Waals surface area contributed by atoms with Gasteiger partial charge in [0.15, 0.2) is 0 Å². The van der Waals surface area contributed by atoms with Gasteiger partial charge in [0, 0.05) is 0 Å². The fraction of sp³-hybridized carbons (Fsp3) is 0.0667. The van der Waals surface area contributed by atoms with Crippen LogP contribution in [0.3, 0.4) is 0 Å². The van der Waals surface area contributed by atoms with Crippen molar-refractivity contribution in [1.82, 2.24) is 0 Å². The zero-order valence-corrected chi connectivity index (χ0v) is 11.2. The van der Waals surface area contributed by atoms with Gasteiger partial charge in [0.25, 0.3) is 0 Å². The molecule has 0 unspecified atom stereocenters. The Labute approximate surface area is 121 Å². The van der Waals surface area contributed by atoms with Crippen molar-refractivity contribution in [3.05, 3.63) is 53.8 Å². The molecule has 0 radical (unpaired) electrons. The number of hydrogen-bond donors (Lipinski definition) is 2. The molecule has 2 rings (SSSR count). The number of halogens is 1. The molecule has 21 heavy (non-hydrogen) atoms. The molecule has 0 fully saturated rings. The summed E-state index contributed by atoms with van der Waals surface area (Å²) in [5, 5.41) is 13.6. The highest BCUT2D eigenvalue weighted by Crippen LogP contribution is 2.23. The normalized spacial score (nSPS) is 9.57. The zero-order valence-electron chi connectivity index (χ0n) is 11.2. The van der Waals surface area contributed by atoms with Gasteiger partial charge < -0.3 is 15.4 Å². The average molecular weight is 285 g/mol. The molecule has 0 bridgehead atoms. The van der Waals surface area contributed by atoms with Gasteiger partial charge in [-0.05, 0) is 30.3 Å². The Morgan fingerprint density at radius 3 is 2.57 bits per heavy atom. The number of para-hydroxylation sites is 2. The predicted octanol–water partition coefficient (Wildman–Crippen LogP) is 3.35. The highest BCUT2D eigenvalue weighted by molar-refractivity contribution is 6.00. The van der Waals surface area contributed by atoms with E-state index in [1.807, 2.05) is 6.07 Å². The lowest BCUT2D eigenvalue weighted by Gasteiger charge is -2.11. The van der Waals surface area contributed by atoms with Crippen LogP contribution < -0.4 is 15.4 Å². The topological polar surface area (TPSA) is 74.2 Å². The van der Waals surface area contributed by atoms with Crippen LogP contribution in [0, 0.1) is 17.1 Å². The van der Waals surface area contributed by atoms with E-state index in [1.165, 1.54) is 19.2 Å². The number of carbonyl (C=O) groups excluding carboxylic acids is 1. The van der Waals surface area contributed by atoms with Crippen LogP contribution in [0.2, 0.25) is 0 Å². The minimum absolute atomic E-state index is 0.0126. The first kappa shape index (κ1) is 14.3. The molecule has 0 aliphatic carbocycles. The fourth-order valence-electron chi connectivity index (χ4n) is 1.71. The lowest BCUT2D eigenvalue weighted by molar-refractivity contribution is 0.262. The molecule has 0 aromatic heterocycles. The number of nitrogens with zero attached hydrogens (tertiary/aromatic N) is 1. The minimum Gasteiger partial charge on any atom is -0.495 e. The molecule has 0 saturated carbocycles. The van der Waals surface area contributed by atoms with Crippen LogP contribution >= 0.6 is 0 Å². The monoisotopic (exact) mass is 285 g/mol. The van der Waals surface area contributed by atoms with Crippen LogP contribution in [-0.2, 0) is 0 Å². The molecule has 6 heteroatoms. The van der Waals surface area contributed by atoms with Gasteiger partial charge in [-0.15, -0.1) is 0 Å². The van der Waals surface area contributed by atoms with Crippen LogP contribution in [0.25, 0.3) is 0 Å². The largest absolute Gasteiger partial charge is 0.495 e. The maximum absolute atomic E-state index is 13.7. The van der Waals surface area contributed by atoms with Crippen molar-refractivity contribution in [2.75, 3.05) is 17.7 Å². The number of nitrogens with one attached hydrogen (secondary N) is 2. The lowest BCUT2D eigenvalue weighted by Crippen LogP contribution is -2.20. The number of anilines is 2. The van der Waals surface area contributed by atoms with E-state index < -0.39 is 11.8 Å². The van der Waals surface area contributed by atoms with Crippen LogP contribution in [0.1, 0.15) is 5.56 Å². The van der Waals surface area contributed by atoms with Crippen molar-refractivity contribution < 1.29 is 13.9 Å². The summed E-state index contributed by atoms with van der Waals surface area (Å²) < 4.78 is 18.8. The van der Waals surface area contributed by atoms with Gasteiger partial charge in [-0.3, -0.25) is 0 Å². The molecule has 2 aromatic rings. The zero-order chi connectivity index (χ0) is 15.2. The van der Waals surface area contributed by atoms with Crippen LogP contribution in [0.5, 0.6) is 5.75 Å². The van der Waals surface area contributed by atoms with Crippen molar-refractivity contribution >= 4 is 17.4 Å². The molecule has 0 aliphatic rings. The van der Waals surface area contributed by atoms with Gasteiger partial charge in [-0.1, -0.05) is 12.1 Å². The lowest BCUT2D eigenvalue weighted by atomic mass is 10.2. The van der Waals surface area contributed by atoms with Crippen molar-refractivity contribution in [2.24, 2.45) is 0 Å². The number of ether oxygens (including phenoxy) is 1. The Kier molecular flexibility index (Phi) is 4.36. The molecular weight excluding hydrogens is 273 g/mol. The Morgan fingerprint density at radius 2 is 1.90 bits per heavy atom. The first-order valence-electron chi connectivity index (χ1n) is 6.04. The smallest absolute Gasteiger partial charge is 0.323 e. The summed E-state index contributed by atoms with van der Waals surface area (Å²) in [4.78, 5) is 11.8. The van der Waals surface area contributed by atoms with Gasteiger partial charge in [0.05, 0.1) is 30.1 Å². The van der Waals surface area contributed by atoms with Gasteiger partial charge in [-0.25, -0.2) is 9.18 Å². The molecule has 0 spiro atoms. The highest BCUT2D eigenvalue weighted by atomic mass is 19.1. The first-order valence-corrected chi connectivity index (χ1v) is 6.04. The summed E-state index contributed by atoms with van der Waals surface area (Å²) in [7, 11) is 1.48. The number of carbonyl (C=O) groups is 1. The highest BCUT2D eigenvalue weighted by Gasteiger charge is 2.10. The molecule has 0 saturated heterocycles. The summed E-state index contributed by atoms with van der Waals surface area (Å²) in [5.74, 6) is -0.183. The Morgan fingerprint density at radius 1 is 1.19 bits per heavy atom. The molecule has 0 heterocycles. The first-order chi connectivity index (χ1) is 10.1. The predicted molar refractivity (Wildman–Crippen MR) is 76.8 cm³/mol. The molecule has 2 aromatic carbocycles. The van der Waals surface area contributed by atoms with Crippen molar-refractivity contribution in [3.8, 4) is 11.8 Å². The van der Waals surface area contributed by atoms with Gasteiger partial charge in [0.1, 0.15) is 11.6 Å². The van der Waals surface area contributed by atoms with Crippen molar-refractivity contribution in [2.45, 2.75) is 0 Å². The summed E-state index contributed by atoms with van der Waals surface area (Å²) in [5.41, 5.74) is 0.635. The molecule has 0 atom stereocenters. The SMILES string of the molecule is COc1ccccc1NC(=O)Nc1ccc(C#N)cc1F. The summed E-state index contributed by atoms with van der Waals surface area (Å²) >= 11 is 0. The molecule has 2 N–H and O–H groups in total. The summed E-state index contributed by atoms with van der Waals surface area (Å²) in [6.45, 7) is 0. The number of methoxy groups -OCH3 is 1. The van der Waals surface area contributed by atoms with Gasteiger partial charge >= 0.3 is 6.03 Å². The second kappa shape index (κ2) is 6.39. The number of benzene rings is 2. The minimum atomic E-state index is -0.677. The van der Waals surface area contributed by atoms with Gasteiger partial charge in [-0.2, -0.15) is 5.26 Å². The Balaban J connectivity index is 2.10. The third kappa shape index (κ3) is 3.48. The number of amides is 2. The van der Waals surface area contributed by atoms with E-state index in [0.29, 0.717) is 11.4 Å². The van der Waals surface area contributed by atoms with Crippen LogP contribution in [-0.4, -0.2) is 13.1 Å². The number of hydrogen-bond acceptors (Lipinski definition) is 3. The van der Waals surface area contributed by atoms with E-state index in [4.69, 9.17) is 10.00 Å². The second-order valence-corrected chi connectivity index (χ2v) is 4.09. The Hall–Kier alpha value is -3.07. The Bertz CT molecular complexity index is 710. The van der Waals surface area contributed by atoms with Gasteiger partial charge in [0.2, 0.25) is 0 Å². The number of nitriles is 1. The van der Waals surface area contributed by atoms with E-state index in [2.05, 4.69) is 10.6 Å². The molecule has 5 nitrogen and oxygen atoms in total. The quantitative estimate of drug-likeness (QED) is 0.908. The van der Waals surface area contributed by atoms with Crippen LogP contribution in [0.15, 0.2) is 42.5 Å². The number of urea groups is 1. The van der Waals surface area contributed by atoms with E-state index in [0.717, 1.165) is 6.07 Å². The second-order valence-electron chi connectivity index (χ2n) is 4.09.